The lowest BCUT2D eigenvalue weighted by Gasteiger charge is -2.33. The van der Waals surface area contributed by atoms with Gasteiger partial charge in [-0.15, -0.1) is 0 Å². The van der Waals surface area contributed by atoms with Crippen molar-refractivity contribution in [3.8, 4) is 11.5 Å². The zero-order chi connectivity index (χ0) is 22.2. The van der Waals surface area contributed by atoms with E-state index in [1.807, 2.05) is 63.5 Å². The molecule has 166 valence electrons. The number of likely N-dealkylation sites (tertiary alicyclic amines) is 1. The van der Waals surface area contributed by atoms with E-state index in [1.165, 1.54) is 6.42 Å². The molecule has 1 heterocycles. The Hall–Kier alpha value is -2.83. The van der Waals surface area contributed by atoms with Crippen LogP contribution in [0, 0.1) is 0 Å². The maximum atomic E-state index is 6.38. The highest BCUT2D eigenvalue weighted by molar-refractivity contribution is 6.00. The van der Waals surface area contributed by atoms with Crippen molar-refractivity contribution in [3.05, 3.63) is 71.4 Å². The van der Waals surface area contributed by atoms with Gasteiger partial charge in [0.1, 0.15) is 17.3 Å². The Bertz CT molecular complexity index is 888. The first-order chi connectivity index (χ1) is 15.0. The van der Waals surface area contributed by atoms with Gasteiger partial charge in [0.2, 0.25) is 0 Å². The summed E-state index contributed by atoms with van der Waals surface area (Å²) in [7, 11) is 5.93. The number of nitrogens with zero attached hydrogens (tertiary/aromatic N) is 2. The number of benzene rings is 2. The number of hydrogen-bond acceptors (Lipinski definition) is 5. The Morgan fingerprint density at radius 3 is 2.39 bits per heavy atom. The van der Waals surface area contributed by atoms with Crippen molar-refractivity contribution in [3.63, 3.8) is 0 Å². The van der Waals surface area contributed by atoms with Gasteiger partial charge in [-0.05, 0) is 70.2 Å². The molecule has 1 aliphatic heterocycles. The molecule has 3 rings (SSSR count). The van der Waals surface area contributed by atoms with Gasteiger partial charge in [-0.1, -0.05) is 30.3 Å². The number of nitrogens with one attached hydrogen (secondary N) is 2. The summed E-state index contributed by atoms with van der Waals surface area (Å²) in [5.74, 6) is 2.47. The first kappa shape index (κ1) is 22.8. The fourth-order valence-electron chi connectivity index (χ4n) is 4.12. The fourth-order valence-corrected chi connectivity index (χ4v) is 4.12. The Balaban J connectivity index is 1.79. The topological polar surface area (TPSA) is 74.9 Å². The summed E-state index contributed by atoms with van der Waals surface area (Å²) in [6.07, 6.45) is 2.32. The zero-order valence-electron chi connectivity index (χ0n) is 19.1. The van der Waals surface area contributed by atoms with Gasteiger partial charge in [0.05, 0.1) is 6.04 Å². The molecule has 0 radical (unpaired) electrons. The zero-order valence-corrected chi connectivity index (χ0v) is 19.1. The molecule has 0 saturated carbocycles. The van der Waals surface area contributed by atoms with Crippen molar-refractivity contribution in [1.82, 2.24) is 15.5 Å². The second kappa shape index (κ2) is 11.0. The lowest BCUT2D eigenvalue weighted by molar-refractivity contribution is 0.241. The van der Waals surface area contributed by atoms with E-state index in [2.05, 4.69) is 39.7 Å². The molecule has 1 aliphatic rings. The van der Waals surface area contributed by atoms with Crippen LogP contribution in [0.3, 0.4) is 0 Å². The van der Waals surface area contributed by atoms with Crippen LogP contribution >= 0.6 is 0 Å². The van der Waals surface area contributed by atoms with Gasteiger partial charge in [-0.2, -0.15) is 0 Å². The molecule has 2 aromatic carbocycles. The van der Waals surface area contributed by atoms with E-state index >= 15 is 0 Å². The number of aliphatic imine (C=N–C) groups is 1. The van der Waals surface area contributed by atoms with E-state index < -0.39 is 0 Å². The van der Waals surface area contributed by atoms with Crippen LogP contribution in [0.1, 0.15) is 31.4 Å². The first-order valence-corrected chi connectivity index (χ1v) is 10.9. The minimum Gasteiger partial charge on any atom is -0.457 e. The largest absolute Gasteiger partial charge is 0.457 e. The molecule has 0 aromatic heterocycles. The Labute approximate surface area is 186 Å². The molecule has 6 heteroatoms. The van der Waals surface area contributed by atoms with Crippen LogP contribution < -0.4 is 21.1 Å². The minimum absolute atomic E-state index is 0.0803. The van der Waals surface area contributed by atoms with Crippen LogP contribution in [0.4, 0.5) is 0 Å². The van der Waals surface area contributed by atoms with Crippen molar-refractivity contribution < 1.29 is 4.74 Å². The third-order valence-corrected chi connectivity index (χ3v) is 5.64. The number of para-hydroxylation sites is 1. The maximum absolute atomic E-state index is 6.38. The fraction of sp³-hybridized carbons (Fsp3) is 0.400. The van der Waals surface area contributed by atoms with Gasteiger partial charge >= 0.3 is 0 Å². The molecule has 1 saturated heterocycles. The molecule has 1 fully saturated rings. The average molecular weight is 422 g/mol. The van der Waals surface area contributed by atoms with Crippen molar-refractivity contribution in [1.29, 1.82) is 0 Å². The predicted molar refractivity (Wildman–Crippen MR) is 129 cm³/mol. The highest BCUT2D eigenvalue weighted by Crippen LogP contribution is 2.28. The summed E-state index contributed by atoms with van der Waals surface area (Å²) >= 11 is 0. The van der Waals surface area contributed by atoms with E-state index in [0.717, 1.165) is 53.7 Å². The standard InChI is InChI=1S/C25H35N5O/c1-18(26)23(25(28-3)29-20-9-8-16-30(4)17-20)24(27-2)19-12-14-22(15-13-19)31-21-10-6-5-7-11-21/h5-7,10-15,20,24,27H,8-9,16-17,26H2,1-4H3,(H,28,29). The van der Waals surface area contributed by atoms with Crippen LogP contribution in [0.2, 0.25) is 0 Å². The molecule has 0 spiro atoms. The van der Waals surface area contributed by atoms with E-state index in [4.69, 9.17) is 10.5 Å². The molecule has 2 atom stereocenters. The van der Waals surface area contributed by atoms with Gasteiger partial charge in [0, 0.05) is 30.9 Å². The second-order valence-electron chi connectivity index (χ2n) is 8.12. The highest BCUT2D eigenvalue weighted by Gasteiger charge is 2.25. The molecule has 4 N–H and O–H groups in total. The molecule has 0 aliphatic carbocycles. The quantitative estimate of drug-likeness (QED) is 0.470. The highest BCUT2D eigenvalue weighted by atomic mass is 16.5. The molecule has 6 nitrogen and oxygen atoms in total. The summed E-state index contributed by atoms with van der Waals surface area (Å²) in [5, 5.41) is 7.07. The van der Waals surface area contributed by atoms with Crippen LogP contribution in [0.25, 0.3) is 0 Å². The van der Waals surface area contributed by atoms with E-state index in [9.17, 15) is 0 Å². The second-order valence-corrected chi connectivity index (χ2v) is 8.12. The summed E-state index contributed by atoms with van der Waals surface area (Å²) in [4.78, 5) is 6.94. The smallest absolute Gasteiger partial charge is 0.127 e. The van der Waals surface area contributed by atoms with Crippen LogP contribution in [-0.2, 0) is 0 Å². The Morgan fingerprint density at radius 1 is 1.13 bits per heavy atom. The lowest BCUT2D eigenvalue weighted by atomic mass is 9.95. The maximum Gasteiger partial charge on any atom is 0.127 e. The number of nitrogens with two attached hydrogens (primary N) is 1. The number of ether oxygens (including phenoxy) is 1. The lowest BCUT2D eigenvalue weighted by Crippen LogP contribution is -2.48. The summed E-state index contributed by atoms with van der Waals surface area (Å²) in [5.41, 5.74) is 9.21. The number of allylic oxidation sites excluding steroid dienone is 1. The van der Waals surface area contributed by atoms with E-state index in [-0.39, 0.29) is 6.04 Å². The van der Waals surface area contributed by atoms with Gasteiger partial charge in [0.15, 0.2) is 0 Å². The van der Waals surface area contributed by atoms with Crippen LogP contribution in [0.15, 0.2) is 70.9 Å². The summed E-state index contributed by atoms with van der Waals surface area (Å²) in [6, 6.07) is 18.2. The van der Waals surface area contributed by atoms with Crippen LogP contribution in [-0.4, -0.2) is 51.0 Å². The van der Waals surface area contributed by atoms with Crippen molar-refractivity contribution in [2.75, 3.05) is 34.2 Å². The average Bonchev–Trinajstić information content (AvgIpc) is 2.77. The van der Waals surface area contributed by atoms with Crippen LogP contribution in [0.5, 0.6) is 11.5 Å². The Morgan fingerprint density at radius 2 is 1.81 bits per heavy atom. The van der Waals surface area contributed by atoms with Crippen molar-refractivity contribution in [2.24, 2.45) is 10.7 Å². The molecule has 31 heavy (non-hydrogen) atoms. The Kier molecular flexibility index (Phi) is 8.09. The SMILES string of the molecule is CN=C(NC1CCCN(C)C1)C(=C(C)N)C(NC)c1ccc(Oc2ccccc2)cc1. The number of likely N-dealkylation sites (N-methyl/N-ethyl adjacent to an activating group) is 2. The summed E-state index contributed by atoms with van der Waals surface area (Å²) < 4.78 is 5.94. The monoisotopic (exact) mass is 421 g/mol. The number of rotatable bonds is 7. The molecule has 2 unspecified atom stereocenters. The van der Waals surface area contributed by atoms with Gasteiger partial charge in [-0.25, -0.2) is 0 Å². The third kappa shape index (κ3) is 6.09. The molecule has 2 aromatic rings. The predicted octanol–water partition coefficient (Wildman–Crippen LogP) is 3.68. The van der Waals surface area contributed by atoms with Gasteiger partial charge < -0.3 is 26.0 Å². The molecular weight excluding hydrogens is 386 g/mol. The number of hydrogen-bond donors (Lipinski definition) is 3. The normalized spacial score (nSPS) is 19.5. The van der Waals surface area contributed by atoms with Gasteiger partial charge in [0.25, 0.3) is 0 Å². The minimum atomic E-state index is -0.0803. The van der Waals surface area contributed by atoms with Crippen molar-refractivity contribution >= 4 is 5.84 Å². The molecule has 0 bridgehead atoms. The third-order valence-electron chi connectivity index (χ3n) is 5.64. The molecular formula is C25H35N5O. The van der Waals surface area contributed by atoms with Gasteiger partial charge in [-0.3, -0.25) is 4.99 Å². The van der Waals surface area contributed by atoms with E-state index in [0.29, 0.717) is 6.04 Å². The summed E-state index contributed by atoms with van der Waals surface area (Å²) in [6.45, 7) is 4.09. The number of amidine groups is 1. The molecule has 0 amide bonds. The first-order valence-electron chi connectivity index (χ1n) is 10.9. The van der Waals surface area contributed by atoms with Crippen molar-refractivity contribution in [2.45, 2.75) is 31.8 Å². The van der Waals surface area contributed by atoms with E-state index in [1.54, 1.807) is 0 Å². The number of piperidine rings is 1.